The van der Waals surface area contributed by atoms with Crippen LogP contribution in [0.1, 0.15) is 10.5 Å². The SMILES string of the molecule is O=C(NCC1CNCC1O)c1cn(-c2cccc([N+](=O)[O-])c2)nn1. The number of hydrogen-bond acceptors (Lipinski definition) is 7. The predicted molar refractivity (Wildman–Crippen MR) is 82.7 cm³/mol. The number of nitro benzene ring substituents is 1. The number of hydrogen-bond donors (Lipinski definition) is 3. The number of non-ortho nitro benzene ring substituents is 1. The number of benzene rings is 1. The van der Waals surface area contributed by atoms with E-state index in [0.717, 1.165) is 0 Å². The standard InChI is InChI=1S/C14H16N6O4/c21-13-7-15-5-9(13)6-16-14(22)12-8-19(18-17-12)10-2-1-3-11(4-10)20(23)24/h1-4,8-9,13,15,21H,5-7H2,(H,16,22). The zero-order valence-corrected chi connectivity index (χ0v) is 12.6. The summed E-state index contributed by atoms with van der Waals surface area (Å²) in [5.41, 5.74) is 0.463. The fourth-order valence-electron chi connectivity index (χ4n) is 2.49. The van der Waals surface area contributed by atoms with Gasteiger partial charge >= 0.3 is 0 Å². The van der Waals surface area contributed by atoms with Crippen molar-refractivity contribution < 1.29 is 14.8 Å². The third-order valence-electron chi connectivity index (χ3n) is 3.86. The van der Waals surface area contributed by atoms with Crippen molar-refractivity contribution in [2.45, 2.75) is 6.10 Å². The zero-order valence-electron chi connectivity index (χ0n) is 12.6. The molecule has 2 aromatic rings. The Labute approximate surface area is 136 Å². The molecule has 24 heavy (non-hydrogen) atoms. The highest BCUT2D eigenvalue weighted by molar-refractivity contribution is 5.91. The lowest BCUT2D eigenvalue weighted by atomic mass is 10.1. The van der Waals surface area contributed by atoms with Gasteiger partial charge in [-0.15, -0.1) is 5.10 Å². The molecule has 1 aliphatic heterocycles. The third kappa shape index (κ3) is 3.39. The lowest BCUT2D eigenvalue weighted by molar-refractivity contribution is -0.384. The van der Waals surface area contributed by atoms with Crippen molar-refractivity contribution in [3.8, 4) is 5.69 Å². The van der Waals surface area contributed by atoms with Crippen molar-refractivity contribution in [1.29, 1.82) is 0 Å². The second kappa shape index (κ2) is 6.72. The topological polar surface area (TPSA) is 135 Å². The molecular formula is C14H16N6O4. The van der Waals surface area contributed by atoms with Gasteiger partial charge in [-0.05, 0) is 6.07 Å². The molecule has 1 aliphatic rings. The number of aliphatic hydroxyl groups excluding tert-OH is 1. The van der Waals surface area contributed by atoms with Crippen LogP contribution in [-0.4, -0.2) is 56.7 Å². The Morgan fingerprint density at radius 3 is 3.04 bits per heavy atom. The minimum absolute atomic E-state index is 0.0410. The van der Waals surface area contributed by atoms with E-state index in [-0.39, 0.29) is 17.3 Å². The zero-order chi connectivity index (χ0) is 17.1. The van der Waals surface area contributed by atoms with Crippen molar-refractivity contribution in [1.82, 2.24) is 25.6 Å². The number of aromatic nitrogens is 3. The van der Waals surface area contributed by atoms with Crippen LogP contribution in [0.4, 0.5) is 5.69 Å². The summed E-state index contributed by atoms with van der Waals surface area (Å²) in [6, 6.07) is 5.87. The molecule has 1 aromatic heterocycles. The van der Waals surface area contributed by atoms with Crippen molar-refractivity contribution in [3.63, 3.8) is 0 Å². The van der Waals surface area contributed by atoms with Gasteiger partial charge in [-0.25, -0.2) is 4.68 Å². The third-order valence-corrected chi connectivity index (χ3v) is 3.86. The predicted octanol–water partition coefficient (Wildman–Crippen LogP) is -0.514. The smallest absolute Gasteiger partial charge is 0.273 e. The number of nitrogens with one attached hydrogen (secondary N) is 2. The summed E-state index contributed by atoms with van der Waals surface area (Å²) in [7, 11) is 0. The van der Waals surface area contributed by atoms with Gasteiger partial charge in [0, 0.05) is 37.7 Å². The summed E-state index contributed by atoms with van der Waals surface area (Å²) in [6.45, 7) is 1.49. The molecule has 0 spiro atoms. The van der Waals surface area contributed by atoms with E-state index in [1.807, 2.05) is 0 Å². The number of β-amino-alcohol motifs (C(OH)–C–C–N with tert-alkyl or cyclic N) is 1. The van der Waals surface area contributed by atoms with Gasteiger partial charge in [0.15, 0.2) is 5.69 Å². The Morgan fingerprint density at radius 1 is 1.50 bits per heavy atom. The first kappa shape index (κ1) is 16.0. The second-order valence-electron chi connectivity index (χ2n) is 5.52. The molecule has 1 saturated heterocycles. The van der Waals surface area contributed by atoms with Gasteiger partial charge < -0.3 is 15.7 Å². The quantitative estimate of drug-likeness (QED) is 0.495. The molecule has 2 heterocycles. The summed E-state index contributed by atoms with van der Waals surface area (Å²) in [6.07, 6.45) is 0.920. The Kier molecular flexibility index (Phi) is 4.49. The maximum atomic E-state index is 12.1. The number of aliphatic hydroxyl groups is 1. The average molecular weight is 332 g/mol. The monoisotopic (exact) mass is 332 g/mol. The van der Waals surface area contributed by atoms with Crippen LogP contribution in [-0.2, 0) is 0 Å². The van der Waals surface area contributed by atoms with E-state index in [9.17, 15) is 20.0 Å². The van der Waals surface area contributed by atoms with Gasteiger partial charge in [-0.1, -0.05) is 11.3 Å². The molecule has 3 rings (SSSR count). The highest BCUT2D eigenvalue weighted by Gasteiger charge is 2.25. The first-order chi connectivity index (χ1) is 11.5. The van der Waals surface area contributed by atoms with Crippen LogP contribution in [0.5, 0.6) is 0 Å². The number of nitrogens with zero attached hydrogens (tertiary/aromatic N) is 4. The summed E-state index contributed by atoms with van der Waals surface area (Å²) in [5.74, 6) is -0.452. The number of rotatable bonds is 5. The number of nitro groups is 1. The van der Waals surface area contributed by atoms with Crippen LogP contribution in [0.3, 0.4) is 0 Å². The van der Waals surface area contributed by atoms with Crippen molar-refractivity contribution in [3.05, 3.63) is 46.3 Å². The van der Waals surface area contributed by atoms with E-state index in [1.165, 1.54) is 29.1 Å². The first-order valence-electron chi connectivity index (χ1n) is 7.39. The molecule has 1 aromatic carbocycles. The van der Waals surface area contributed by atoms with E-state index in [0.29, 0.717) is 25.3 Å². The maximum absolute atomic E-state index is 12.1. The lowest BCUT2D eigenvalue weighted by Crippen LogP contribution is -2.34. The van der Waals surface area contributed by atoms with Gasteiger partial charge in [-0.3, -0.25) is 14.9 Å². The van der Waals surface area contributed by atoms with Gasteiger partial charge in [0.25, 0.3) is 11.6 Å². The molecular weight excluding hydrogens is 316 g/mol. The molecule has 2 atom stereocenters. The summed E-state index contributed by atoms with van der Waals surface area (Å²) in [5, 5.41) is 33.8. The van der Waals surface area contributed by atoms with E-state index >= 15 is 0 Å². The average Bonchev–Trinajstić information content (AvgIpc) is 3.22. The molecule has 1 amide bonds. The van der Waals surface area contributed by atoms with Crippen LogP contribution < -0.4 is 10.6 Å². The van der Waals surface area contributed by atoms with Crippen molar-refractivity contribution in [2.24, 2.45) is 5.92 Å². The molecule has 1 fully saturated rings. The summed E-state index contributed by atoms with van der Waals surface area (Å²) >= 11 is 0. The maximum Gasteiger partial charge on any atom is 0.273 e. The van der Waals surface area contributed by atoms with Crippen LogP contribution in [0.2, 0.25) is 0 Å². The number of carbonyl (C=O) groups excluding carboxylic acids is 1. The second-order valence-corrected chi connectivity index (χ2v) is 5.52. The fourth-order valence-corrected chi connectivity index (χ4v) is 2.49. The van der Waals surface area contributed by atoms with Crippen molar-refractivity contribution >= 4 is 11.6 Å². The summed E-state index contributed by atoms with van der Waals surface area (Å²) < 4.78 is 1.30. The van der Waals surface area contributed by atoms with E-state index in [1.54, 1.807) is 6.07 Å². The van der Waals surface area contributed by atoms with E-state index in [2.05, 4.69) is 20.9 Å². The van der Waals surface area contributed by atoms with Gasteiger partial charge in [0.1, 0.15) is 0 Å². The highest BCUT2D eigenvalue weighted by atomic mass is 16.6. The molecule has 0 saturated carbocycles. The van der Waals surface area contributed by atoms with Crippen molar-refractivity contribution in [2.75, 3.05) is 19.6 Å². The normalized spacial score (nSPS) is 20.0. The Balaban J connectivity index is 1.67. The van der Waals surface area contributed by atoms with Gasteiger partial charge in [-0.2, -0.15) is 0 Å². The van der Waals surface area contributed by atoms with Crippen LogP contribution in [0.15, 0.2) is 30.5 Å². The minimum Gasteiger partial charge on any atom is -0.391 e. The molecule has 0 bridgehead atoms. The first-order valence-corrected chi connectivity index (χ1v) is 7.39. The minimum atomic E-state index is -0.505. The Hall–Kier alpha value is -2.85. The number of amides is 1. The van der Waals surface area contributed by atoms with Crippen LogP contribution in [0.25, 0.3) is 5.69 Å². The van der Waals surface area contributed by atoms with Crippen LogP contribution >= 0.6 is 0 Å². The Morgan fingerprint density at radius 2 is 2.33 bits per heavy atom. The van der Waals surface area contributed by atoms with E-state index in [4.69, 9.17) is 0 Å². The molecule has 10 heteroatoms. The molecule has 2 unspecified atom stereocenters. The van der Waals surface area contributed by atoms with Crippen LogP contribution in [0, 0.1) is 16.0 Å². The van der Waals surface area contributed by atoms with E-state index < -0.39 is 16.9 Å². The molecule has 3 N–H and O–H groups in total. The van der Waals surface area contributed by atoms with Gasteiger partial charge in [0.05, 0.1) is 22.9 Å². The molecule has 0 aliphatic carbocycles. The molecule has 10 nitrogen and oxygen atoms in total. The summed E-state index contributed by atoms with van der Waals surface area (Å²) in [4.78, 5) is 22.4. The fraction of sp³-hybridized carbons (Fsp3) is 0.357. The molecule has 0 radical (unpaired) electrons. The van der Waals surface area contributed by atoms with Gasteiger partial charge in [0.2, 0.25) is 0 Å². The molecule has 126 valence electrons. The number of carbonyl (C=O) groups is 1. The highest BCUT2D eigenvalue weighted by Crippen LogP contribution is 2.16. The Bertz CT molecular complexity index is 761. The largest absolute Gasteiger partial charge is 0.391 e. The lowest BCUT2D eigenvalue weighted by Gasteiger charge is -2.13.